The molecular formula is C14H16BrN5. The van der Waals surface area contributed by atoms with Crippen LogP contribution in [0.1, 0.15) is 32.2 Å². The van der Waals surface area contributed by atoms with E-state index in [9.17, 15) is 0 Å². The fourth-order valence-corrected chi connectivity index (χ4v) is 2.13. The molecule has 2 aromatic rings. The summed E-state index contributed by atoms with van der Waals surface area (Å²) >= 11 is 3.57. The summed E-state index contributed by atoms with van der Waals surface area (Å²) in [6.07, 6.45) is 1.54. The van der Waals surface area contributed by atoms with Gasteiger partial charge in [-0.25, -0.2) is 9.67 Å². The van der Waals surface area contributed by atoms with Crippen LogP contribution in [0.25, 0.3) is 5.69 Å². The third kappa shape index (κ3) is 3.65. The Labute approximate surface area is 126 Å². The van der Waals surface area contributed by atoms with E-state index in [1.165, 1.54) is 11.9 Å². The van der Waals surface area contributed by atoms with Crippen LogP contribution in [0.5, 0.6) is 0 Å². The van der Waals surface area contributed by atoms with E-state index in [0.717, 1.165) is 16.7 Å². The second kappa shape index (κ2) is 5.73. The minimum atomic E-state index is 0.0751. The first kappa shape index (κ1) is 14.7. The molecule has 0 amide bonds. The minimum absolute atomic E-state index is 0.0751. The lowest BCUT2D eigenvalue weighted by atomic mass is 10.1. The smallest absolute Gasteiger partial charge is 0.252 e. The molecule has 0 aliphatic rings. The summed E-state index contributed by atoms with van der Waals surface area (Å²) < 4.78 is 2.59. The van der Waals surface area contributed by atoms with Gasteiger partial charge >= 0.3 is 0 Å². The van der Waals surface area contributed by atoms with E-state index in [4.69, 9.17) is 5.26 Å². The zero-order valence-corrected chi connectivity index (χ0v) is 13.3. The molecule has 1 aromatic heterocycles. The maximum absolute atomic E-state index is 8.74. The molecule has 1 N–H and O–H groups in total. The summed E-state index contributed by atoms with van der Waals surface area (Å²) in [5.41, 5.74) is 2.11. The highest BCUT2D eigenvalue weighted by atomic mass is 79.9. The molecule has 20 heavy (non-hydrogen) atoms. The molecule has 0 aliphatic carbocycles. The monoisotopic (exact) mass is 333 g/mol. The van der Waals surface area contributed by atoms with Crippen molar-refractivity contribution in [3.05, 3.63) is 40.4 Å². The van der Waals surface area contributed by atoms with Crippen molar-refractivity contribution in [3.63, 3.8) is 0 Å². The van der Waals surface area contributed by atoms with Crippen LogP contribution in [0, 0.1) is 11.3 Å². The molecule has 6 heteroatoms. The predicted molar refractivity (Wildman–Crippen MR) is 80.4 cm³/mol. The number of nitrogens with zero attached hydrogens (tertiary/aromatic N) is 4. The maximum Gasteiger partial charge on any atom is 0.252 e. The van der Waals surface area contributed by atoms with Crippen molar-refractivity contribution in [2.24, 2.45) is 0 Å². The second-order valence-corrected chi connectivity index (χ2v) is 6.36. The summed E-state index contributed by atoms with van der Waals surface area (Å²) in [6, 6.07) is 7.88. The first-order valence-electron chi connectivity index (χ1n) is 6.24. The van der Waals surface area contributed by atoms with E-state index in [-0.39, 0.29) is 11.4 Å². The average Bonchev–Trinajstić information content (AvgIpc) is 2.85. The Balaban J connectivity index is 2.19. The van der Waals surface area contributed by atoms with E-state index in [2.05, 4.69) is 52.1 Å². The van der Waals surface area contributed by atoms with Gasteiger partial charge in [-0.3, -0.25) is 0 Å². The first-order chi connectivity index (χ1) is 9.39. The van der Waals surface area contributed by atoms with Crippen LogP contribution in [-0.2, 0) is 6.54 Å². The van der Waals surface area contributed by atoms with Crippen molar-refractivity contribution in [2.75, 3.05) is 0 Å². The highest BCUT2D eigenvalue weighted by molar-refractivity contribution is 9.10. The van der Waals surface area contributed by atoms with Crippen LogP contribution >= 0.6 is 15.9 Å². The molecular weight excluding hydrogens is 318 g/mol. The zero-order valence-electron chi connectivity index (χ0n) is 11.7. The van der Waals surface area contributed by atoms with Crippen LogP contribution in [0.4, 0.5) is 0 Å². The Morgan fingerprint density at radius 3 is 2.70 bits per heavy atom. The number of nitrogens with one attached hydrogen (secondary N) is 1. The number of hydrogen-bond donors (Lipinski definition) is 1. The van der Waals surface area contributed by atoms with E-state index >= 15 is 0 Å². The van der Waals surface area contributed by atoms with Crippen LogP contribution in [-0.4, -0.2) is 20.3 Å². The summed E-state index contributed by atoms with van der Waals surface area (Å²) in [5, 5.41) is 16.2. The first-order valence-corrected chi connectivity index (χ1v) is 7.04. The molecule has 2 rings (SSSR count). The Morgan fingerprint density at radius 1 is 1.40 bits per heavy atom. The van der Waals surface area contributed by atoms with Crippen molar-refractivity contribution < 1.29 is 0 Å². The Morgan fingerprint density at radius 2 is 2.15 bits per heavy atom. The van der Waals surface area contributed by atoms with Gasteiger partial charge in [-0.1, -0.05) is 22.0 Å². The maximum atomic E-state index is 8.74. The highest BCUT2D eigenvalue weighted by Gasteiger charge is 2.10. The van der Waals surface area contributed by atoms with Gasteiger partial charge in [0, 0.05) is 16.6 Å². The van der Waals surface area contributed by atoms with Gasteiger partial charge in [-0.2, -0.15) is 5.26 Å². The van der Waals surface area contributed by atoms with Crippen LogP contribution in [0.2, 0.25) is 0 Å². The van der Waals surface area contributed by atoms with Gasteiger partial charge in [0.2, 0.25) is 0 Å². The second-order valence-electron chi connectivity index (χ2n) is 5.50. The number of hydrogen-bond acceptors (Lipinski definition) is 4. The van der Waals surface area contributed by atoms with E-state index in [1.54, 1.807) is 4.68 Å². The molecule has 0 unspecified atom stereocenters. The molecule has 0 fully saturated rings. The van der Waals surface area contributed by atoms with Crippen molar-refractivity contribution in [3.8, 4) is 11.8 Å². The fraction of sp³-hybridized carbons (Fsp3) is 0.357. The number of benzene rings is 1. The lowest BCUT2D eigenvalue weighted by Gasteiger charge is -2.21. The van der Waals surface area contributed by atoms with Crippen LogP contribution in [0.3, 0.4) is 0 Å². The molecule has 1 aromatic carbocycles. The van der Waals surface area contributed by atoms with E-state index in [1.807, 2.05) is 24.3 Å². The van der Waals surface area contributed by atoms with Crippen molar-refractivity contribution in [1.82, 2.24) is 20.1 Å². The highest BCUT2D eigenvalue weighted by Crippen LogP contribution is 2.21. The standard InChI is InChI=1S/C14H16BrN5/c1-14(2,3)18-8-10-4-5-11(6-12(10)15)20-9-17-13(7-16)19-20/h4-6,9,18H,8H2,1-3H3. The van der Waals surface area contributed by atoms with Gasteiger partial charge in [0.1, 0.15) is 12.4 Å². The third-order valence-electron chi connectivity index (χ3n) is 2.70. The lowest BCUT2D eigenvalue weighted by molar-refractivity contribution is 0.424. The number of nitriles is 1. The summed E-state index contributed by atoms with van der Waals surface area (Å²) in [5.74, 6) is 0.166. The molecule has 104 valence electrons. The molecule has 0 saturated carbocycles. The molecule has 0 saturated heterocycles. The van der Waals surface area contributed by atoms with Crippen molar-refractivity contribution in [2.45, 2.75) is 32.9 Å². The third-order valence-corrected chi connectivity index (χ3v) is 3.44. The molecule has 0 radical (unpaired) electrons. The van der Waals surface area contributed by atoms with Crippen LogP contribution in [0.15, 0.2) is 29.0 Å². The molecule has 5 nitrogen and oxygen atoms in total. The minimum Gasteiger partial charge on any atom is -0.308 e. The molecule has 0 atom stereocenters. The largest absolute Gasteiger partial charge is 0.308 e. The van der Waals surface area contributed by atoms with Gasteiger partial charge in [-0.05, 0) is 38.5 Å². The molecule has 0 aliphatic heterocycles. The SMILES string of the molecule is CC(C)(C)NCc1ccc(-n2cnc(C#N)n2)cc1Br. The summed E-state index contributed by atoms with van der Waals surface area (Å²) in [7, 11) is 0. The summed E-state index contributed by atoms with van der Waals surface area (Å²) in [6.45, 7) is 7.18. The predicted octanol–water partition coefficient (Wildman–Crippen LogP) is 2.79. The quantitative estimate of drug-likeness (QED) is 0.937. The van der Waals surface area contributed by atoms with Crippen molar-refractivity contribution in [1.29, 1.82) is 5.26 Å². The Hall–Kier alpha value is -1.71. The summed E-state index contributed by atoms with van der Waals surface area (Å²) in [4.78, 5) is 3.89. The topological polar surface area (TPSA) is 66.5 Å². The normalized spacial score (nSPS) is 11.3. The van der Waals surface area contributed by atoms with Gasteiger partial charge in [-0.15, -0.1) is 5.10 Å². The fourth-order valence-electron chi connectivity index (χ4n) is 1.62. The van der Waals surface area contributed by atoms with Gasteiger partial charge in [0.25, 0.3) is 5.82 Å². The van der Waals surface area contributed by atoms with Gasteiger partial charge in [0.05, 0.1) is 5.69 Å². The number of rotatable bonds is 3. The molecule has 1 heterocycles. The average molecular weight is 334 g/mol. The van der Waals surface area contributed by atoms with Gasteiger partial charge in [0.15, 0.2) is 0 Å². The number of halogens is 1. The Bertz CT molecular complexity index is 648. The zero-order chi connectivity index (χ0) is 14.8. The number of aromatic nitrogens is 3. The van der Waals surface area contributed by atoms with E-state index in [0.29, 0.717) is 0 Å². The molecule has 0 bridgehead atoms. The van der Waals surface area contributed by atoms with Crippen molar-refractivity contribution >= 4 is 15.9 Å². The molecule has 0 spiro atoms. The van der Waals surface area contributed by atoms with Crippen LogP contribution < -0.4 is 5.32 Å². The Kier molecular flexibility index (Phi) is 4.21. The van der Waals surface area contributed by atoms with E-state index < -0.39 is 0 Å². The lowest BCUT2D eigenvalue weighted by Crippen LogP contribution is -2.35. The van der Waals surface area contributed by atoms with Gasteiger partial charge < -0.3 is 5.32 Å².